The smallest absolute Gasteiger partial charge is 0.326 e. The molecule has 2 aromatic carbocycles. The molecule has 0 bridgehead atoms. The summed E-state index contributed by atoms with van der Waals surface area (Å²) in [7, 11) is 0. The Balaban J connectivity index is 1.22. The Morgan fingerprint density at radius 1 is 1.06 bits per heavy atom. The van der Waals surface area contributed by atoms with Gasteiger partial charge in [-0.05, 0) is 56.2 Å². The number of hydrogen-bond donors (Lipinski definition) is 1. The first kappa shape index (κ1) is 21.3. The number of H-pyrrole nitrogens is 1. The van der Waals surface area contributed by atoms with Crippen LogP contribution in [0, 0.1) is 5.92 Å². The number of piperidine rings is 1. The van der Waals surface area contributed by atoms with E-state index < -0.39 is 0 Å². The second-order valence-corrected chi connectivity index (χ2v) is 8.71. The topological polar surface area (TPSA) is 87.6 Å². The van der Waals surface area contributed by atoms with Gasteiger partial charge in [0.25, 0.3) is 0 Å². The highest BCUT2D eigenvalue weighted by atomic mass is 16.5. The third kappa shape index (κ3) is 4.01. The van der Waals surface area contributed by atoms with Gasteiger partial charge in [0.2, 0.25) is 11.8 Å². The SMILES string of the molecule is CCOc1ccc(N2C[C@@H](C(=O)N3CCC(n4c(=O)[nH]c5ccccc54)CC3)CC2=O)cc1. The van der Waals surface area contributed by atoms with E-state index in [1.54, 1.807) is 4.90 Å². The summed E-state index contributed by atoms with van der Waals surface area (Å²) in [4.78, 5) is 44.8. The molecule has 1 aromatic heterocycles. The van der Waals surface area contributed by atoms with E-state index in [2.05, 4.69) is 4.98 Å². The van der Waals surface area contributed by atoms with Gasteiger partial charge in [-0.1, -0.05) is 12.1 Å². The summed E-state index contributed by atoms with van der Waals surface area (Å²) in [5, 5.41) is 0. The number of rotatable bonds is 5. The van der Waals surface area contributed by atoms with Crippen LogP contribution < -0.4 is 15.3 Å². The van der Waals surface area contributed by atoms with Crippen molar-refractivity contribution in [2.45, 2.75) is 32.2 Å². The van der Waals surface area contributed by atoms with Crippen molar-refractivity contribution < 1.29 is 14.3 Å². The molecule has 33 heavy (non-hydrogen) atoms. The number of aromatic nitrogens is 2. The van der Waals surface area contributed by atoms with Gasteiger partial charge in [-0.2, -0.15) is 0 Å². The Labute approximate surface area is 191 Å². The molecular formula is C25H28N4O4. The fraction of sp³-hybridized carbons (Fsp3) is 0.400. The van der Waals surface area contributed by atoms with Gasteiger partial charge in [0.05, 0.1) is 23.6 Å². The number of ether oxygens (including phenoxy) is 1. The third-order valence-corrected chi connectivity index (χ3v) is 6.70. The van der Waals surface area contributed by atoms with E-state index in [9.17, 15) is 14.4 Å². The number of fused-ring (bicyclic) bond motifs is 1. The highest BCUT2D eigenvalue weighted by Gasteiger charge is 2.38. The maximum absolute atomic E-state index is 13.2. The minimum Gasteiger partial charge on any atom is -0.494 e. The number of aromatic amines is 1. The molecule has 0 unspecified atom stereocenters. The Bertz CT molecular complexity index is 1220. The van der Waals surface area contributed by atoms with Crippen molar-refractivity contribution in [3.8, 4) is 5.75 Å². The maximum Gasteiger partial charge on any atom is 0.326 e. The van der Waals surface area contributed by atoms with E-state index in [4.69, 9.17) is 4.74 Å². The first-order chi connectivity index (χ1) is 16.0. The first-order valence-corrected chi connectivity index (χ1v) is 11.6. The number of likely N-dealkylation sites (tertiary alicyclic amines) is 1. The van der Waals surface area contributed by atoms with Gasteiger partial charge in [-0.3, -0.25) is 14.2 Å². The van der Waals surface area contributed by atoms with Crippen LogP contribution in [0.15, 0.2) is 53.3 Å². The quantitative estimate of drug-likeness (QED) is 0.650. The summed E-state index contributed by atoms with van der Waals surface area (Å²) in [5.74, 6) is 0.424. The number of hydrogen-bond acceptors (Lipinski definition) is 4. The van der Waals surface area contributed by atoms with Gasteiger partial charge in [-0.25, -0.2) is 4.79 Å². The first-order valence-electron chi connectivity index (χ1n) is 11.6. The van der Waals surface area contributed by atoms with Gasteiger partial charge in [0.15, 0.2) is 0 Å². The third-order valence-electron chi connectivity index (χ3n) is 6.70. The van der Waals surface area contributed by atoms with Crippen LogP contribution in [0.2, 0.25) is 0 Å². The van der Waals surface area contributed by atoms with E-state index in [1.807, 2.05) is 64.9 Å². The zero-order valence-electron chi connectivity index (χ0n) is 18.7. The van der Waals surface area contributed by atoms with Crippen molar-refractivity contribution in [1.82, 2.24) is 14.5 Å². The number of carbonyl (C=O) groups excluding carboxylic acids is 2. The van der Waals surface area contributed by atoms with Gasteiger partial charge in [0, 0.05) is 37.8 Å². The molecule has 0 spiro atoms. The van der Waals surface area contributed by atoms with E-state index in [0.717, 1.165) is 35.3 Å². The molecule has 1 N–H and O–H groups in total. The monoisotopic (exact) mass is 448 g/mol. The van der Waals surface area contributed by atoms with E-state index in [-0.39, 0.29) is 35.9 Å². The fourth-order valence-corrected chi connectivity index (χ4v) is 5.05. The second-order valence-electron chi connectivity index (χ2n) is 8.71. The van der Waals surface area contributed by atoms with Crippen molar-refractivity contribution in [3.05, 3.63) is 59.0 Å². The molecular weight excluding hydrogens is 420 g/mol. The molecule has 2 saturated heterocycles. The van der Waals surface area contributed by atoms with Crippen LogP contribution in [0.4, 0.5) is 5.69 Å². The standard InChI is InChI=1S/C25H28N4O4/c1-2-33-20-9-7-18(8-10-20)28-16-17(15-23(28)30)24(31)27-13-11-19(12-14-27)29-22-6-4-3-5-21(22)26-25(29)32/h3-10,17,19H,2,11-16H2,1H3,(H,26,32)/t17-/m0/s1. The lowest BCUT2D eigenvalue weighted by atomic mass is 10.0. The van der Waals surface area contributed by atoms with Gasteiger partial charge in [-0.15, -0.1) is 0 Å². The van der Waals surface area contributed by atoms with Gasteiger partial charge < -0.3 is 19.5 Å². The average Bonchev–Trinajstić information content (AvgIpc) is 3.38. The molecule has 3 aromatic rings. The average molecular weight is 449 g/mol. The van der Waals surface area contributed by atoms with Crippen molar-refractivity contribution in [2.75, 3.05) is 31.1 Å². The lowest BCUT2D eigenvalue weighted by molar-refractivity contribution is -0.137. The molecule has 2 aliphatic rings. The molecule has 0 aliphatic carbocycles. The fourth-order valence-electron chi connectivity index (χ4n) is 5.05. The molecule has 8 nitrogen and oxygen atoms in total. The molecule has 8 heteroatoms. The molecule has 2 fully saturated rings. The summed E-state index contributed by atoms with van der Waals surface area (Å²) in [6.07, 6.45) is 1.67. The summed E-state index contributed by atoms with van der Waals surface area (Å²) >= 11 is 0. The van der Waals surface area contributed by atoms with Crippen LogP contribution in [0.5, 0.6) is 5.75 Å². The predicted molar refractivity (Wildman–Crippen MR) is 125 cm³/mol. The highest BCUT2D eigenvalue weighted by Crippen LogP contribution is 2.30. The van der Waals surface area contributed by atoms with Crippen LogP contribution in [0.3, 0.4) is 0 Å². The molecule has 2 aliphatic heterocycles. The number of nitrogens with zero attached hydrogens (tertiary/aromatic N) is 3. The Morgan fingerprint density at radius 3 is 2.52 bits per heavy atom. The van der Waals surface area contributed by atoms with E-state index >= 15 is 0 Å². The lowest BCUT2D eigenvalue weighted by Gasteiger charge is -2.34. The summed E-state index contributed by atoms with van der Waals surface area (Å²) in [6.45, 7) is 4.08. The van der Waals surface area contributed by atoms with Crippen LogP contribution >= 0.6 is 0 Å². The molecule has 3 heterocycles. The van der Waals surface area contributed by atoms with Crippen LogP contribution in [0.1, 0.15) is 32.2 Å². The van der Waals surface area contributed by atoms with Crippen LogP contribution in [-0.4, -0.2) is 52.5 Å². The number of para-hydroxylation sites is 2. The van der Waals surface area contributed by atoms with Crippen molar-refractivity contribution in [2.24, 2.45) is 5.92 Å². The molecule has 2 amide bonds. The minimum absolute atomic E-state index is 0.0292. The minimum atomic E-state index is -0.337. The van der Waals surface area contributed by atoms with Gasteiger partial charge >= 0.3 is 5.69 Å². The van der Waals surface area contributed by atoms with Crippen molar-refractivity contribution >= 4 is 28.5 Å². The largest absolute Gasteiger partial charge is 0.494 e. The van der Waals surface area contributed by atoms with Crippen molar-refractivity contribution in [3.63, 3.8) is 0 Å². The molecule has 1 atom stereocenters. The predicted octanol–water partition coefficient (Wildman–Crippen LogP) is 2.94. The summed E-state index contributed by atoms with van der Waals surface area (Å²) < 4.78 is 7.29. The maximum atomic E-state index is 13.2. The van der Waals surface area contributed by atoms with E-state index in [0.29, 0.717) is 26.2 Å². The normalized spacial score (nSPS) is 19.4. The number of benzene rings is 2. The Morgan fingerprint density at radius 2 is 1.79 bits per heavy atom. The van der Waals surface area contributed by atoms with Gasteiger partial charge in [0.1, 0.15) is 5.75 Å². The number of carbonyl (C=O) groups is 2. The molecule has 172 valence electrons. The summed E-state index contributed by atoms with van der Waals surface area (Å²) in [6, 6.07) is 15.2. The Hall–Kier alpha value is -3.55. The van der Waals surface area contributed by atoms with E-state index in [1.165, 1.54) is 0 Å². The van der Waals surface area contributed by atoms with Crippen molar-refractivity contribution in [1.29, 1.82) is 0 Å². The number of anilines is 1. The van der Waals surface area contributed by atoms with Crippen LogP contribution in [0.25, 0.3) is 11.0 Å². The molecule has 0 radical (unpaired) electrons. The number of amides is 2. The Kier molecular flexibility index (Phi) is 5.66. The summed E-state index contributed by atoms with van der Waals surface area (Å²) in [5.41, 5.74) is 2.42. The highest BCUT2D eigenvalue weighted by molar-refractivity contribution is 6.00. The number of imidazole rings is 1. The second kappa shape index (κ2) is 8.77. The zero-order chi connectivity index (χ0) is 22.9. The lowest BCUT2D eigenvalue weighted by Crippen LogP contribution is -2.43. The van der Waals surface area contributed by atoms with Crippen LogP contribution in [-0.2, 0) is 9.59 Å². The number of nitrogens with one attached hydrogen (secondary N) is 1. The molecule has 0 saturated carbocycles. The zero-order valence-corrected chi connectivity index (χ0v) is 18.7. The molecule has 5 rings (SSSR count).